The molecule has 84 valence electrons. The van der Waals surface area contributed by atoms with E-state index >= 15 is 0 Å². The molecule has 2 N–H and O–H groups in total. The molecular formula is C12H15N3O. The molecule has 0 aliphatic heterocycles. The molecule has 0 atom stereocenters. The molecule has 4 heteroatoms. The summed E-state index contributed by atoms with van der Waals surface area (Å²) in [5.41, 5.74) is 2.24. The van der Waals surface area contributed by atoms with Crippen LogP contribution in [-0.4, -0.2) is 29.5 Å². The molecule has 0 saturated heterocycles. The molecule has 1 saturated carbocycles. The Labute approximate surface area is 94.0 Å². The van der Waals surface area contributed by atoms with Crippen molar-refractivity contribution in [3.8, 4) is 0 Å². The summed E-state index contributed by atoms with van der Waals surface area (Å²) in [7, 11) is 1.78. The lowest BCUT2D eigenvalue weighted by Gasteiger charge is -2.35. The SMILES string of the molecule is COC1CC(Nc2ccc3[nH]ncc3c2)C1. The lowest BCUT2D eigenvalue weighted by Crippen LogP contribution is -2.40. The van der Waals surface area contributed by atoms with E-state index in [4.69, 9.17) is 4.74 Å². The van der Waals surface area contributed by atoms with E-state index in [1.807, 2.05) is 6.20 Å². The fourth-order valence-electron chi connectivity index (χ4n) is 2.14. The van der Waals surface area contributed by atoms with Crippen molar-refractivity contribution in [3.63, 3.8) is 0 Å². The third-order valence-electron chi connectivity index (χ3n) is 3.24. The molecule has 1 heterocycles. The van der Waals surface area contributed by atoms with E-state index in [1.165, 1.54) is 0 Å². The zero-order valence-corrected chi connectivity index (χ0v) is 9.23. The van der Waals surface area contributed by atoms with Gasteiger partial charge < -0.3 is 10.1 Å². The molecule has 1 aromatic carbocycles. The number of rotatable bonds is 3. The highest BCUT2D eigenvalue weighted by molar-refractivity contribution is 5.81. The standard InChI is InChI=1S/C12H15N3O/c1-16-11-5-10(6-11)14-9-2-3-12-8(4-9)7-13-15-12/h2-4,7,10-11,14H,5-6H2,1H3,(H,13,15). The average molecular weight is 217 g/mol. The normalized spacial score (nSPS) is 24.3. The quantitative estimate of drug-likeness (QED) is 0.828. The predicted molar refractivity (Wildman–Crippen MR) is 63.5 cm³/mol. The lowest BCUT2D eigenvalue weighted by atomic mass is 9.89. The number of hydrogen-bond acceptors (Lipinski definition) is 3. The molecule has 2 aromatic rings. The Bertz CT molecular complexity index is 488. The fraction of sp³-hybridized carbons (Fsp3) is 0.417. The van der Waals surface area contributed by atoms with E-state index < -0.39 is 0 Å². The van der Waals surface area contributed by atoms with Crippen molar-refractivity contribution in [1.82, 2.24) is 10.2 Å². The average Bonchev–Trinajstić information content (AvgIpc) is 2.69. The number of nitrogens with zero attached hydrogens (tertiary/aromatic N) is 1. The molecule has 3 rings (SSSR count). The molecule has 0 unspecified atom stereocenters. The summed E-state index contributed by atoms with van der Waals surface area (Å²) in [6.07, 6.45) is 4.48. The molecule has 16 heavy (non-hydrogen) atoms. The summed E-state index contributed by atoms with van der Waals surface area (Å²) in [6, 6.07) is 6.81. The number of benzene rings is 1. The molecule has 1 fully saturated rings. The first-order chi connectivity index (χ1) is 7.85. The topological polar surface area (TPSA) is 49.9 Å². The number of hydrogen-bond donors (Lipinski definition) is 2. The van der Waals surface area contributed by atoms with Gasteiger partial charge in [0.25, 0.3) is 0 Å². The maximum Gasteiger partial charge on any atom is 0.0651 e. The maximum atomic E-state index is 5.26. The number of methoxy groups -OCH3 is 1. The van der Waals surface area contributed by atoms with Crippen LogP contribution in [0.2, 0.25) is 0 Å². The third kappa shape index (κ3) is 1.65. The van der Waals surface area contributed by atoms with E-state index in [0.29, 0.717) is 12.1 Å². The van der Waals surface area contributed by atoms with Crippen LogP contribution in [0.5, 0.6) is 0 Å². The van der Waals surface area contributed by atoms with E-state index in [2.05, 4.69) is 33.7 Å². The highest BCUT2D eigenvalue weighted by atomic mass is 16.5. The van der Waals surface area contributed by atoms with Crippen LogP contribution in [0.4, 0.5) is 5.69 Å². The van der Waals surface area contributed by atoms with Crippen molar-refractivity contribution in [1.29, 1.82) is 0 Å². The molecular weight excluding hydrogens is 202 g/mol. The second-order valence-corrected chi connectivity index (χ2v) is 4.34. The van der Waals surface area contributed by atoms with Crippen LogP contribution in [0.25, 0.3) is 10.9 Å². The van der Waals surface area contributed by atoms with E-state index in [0.717, 1.165) is 29.4 Å². The van der Waals surface area contributed by atoms with Crippen molar-refractivity contribution in [2.75, 3.05) is 12.4 Å². The van der Waals surface area contributed by atoms with Crippen LogP contribution in [0, 0.1) is 0 Å². The summed E-state index contributed by atoms with van der Waals surface area (Å²) in [5, 5.41) is 11.6. The molecule has 0 radical (unpaired) electrons. The van der Waals surface area contributed by atoms with E-state index in [1.54, 1.807) is 7.11 Å². The van der Waals surface area contributed by atoms with Gasteiger partial charge in [-0.3, -0.25) is 5.10 Å². The van der Waals surface area contributed by atoms with Gasteiger partial charge in [0.1, 0.15) is 0 Å². The van der Waals surface area contributed by atoms with Crippen LogP contribution in [0.15, 0.2) is 24.4 Å². The zero-order valence-electron chi connectivity index (χ0n) is 9.23. The van der Waals surface area contributed by atoms with Crippen molar-refractivity contribution in [2.24, 2.45) is 0 Å². The number of fused-ring (bicyclic) bond motifs is 1. The molecule has 0 amide bonds. The number of H-pyrrole nitrogens is 1. The summed E-state index contributed by atoms with van der Waals surface area (Å²) in [6.45, 7) is 0. The van der Waals surface area contributed by atoms with Gasteiger partial charge >= 0.3 is 0 Å². The van der Waals surface area contributed by atoms with E-state index in [9.17, 15) is 0 Å². The van der Waals surface area contributed by atoms with Gasteiger partial charge in [0, 0.05) is 24.2 Å². The van der Waals surface area contributed by atoms with E-state index in [-0.39, 0.29) is 0 Å². The van der Waals surface area contributed by atoms with Crippen molar-refractivity contribution < 1.29 is 4.74 Å². The number of aromatic nitrogens is 2. The summed E-state index contributed by atoms with van der Waals surface area (Å²) in [4.78, 5) is 0. The molecule has 0 spiro atoms. The Morgan fingerprint density at radius 3 is 3.12 bits per heavy atom. The van der Waals surface area contributed by atoms with Crippen LogP contribution < -0.4 is 5.32 Å². The van der Waals surface area contributed by atoms with Gasteiger partial charge in [-0.05, 0) is 31.0 Å². The second kappa shape index (κ2) is 3.79. The Morgan fingerprint density at radius 2 is 2.31 bits per heavy atom. The highest BCUT2D eigenvalue weighted by Crippen LogP contribution is 2.27. The first-order valence-electron chi connectivity index (χ1n) is 5.57. The van der Waals surface area contributed by atoms with Crippen LogP contribution in [0.1, 0.15) is 12.8 Å². The van der Waals surface area contributed by atoms with Crippen LogP contribution in [0.3, 0.4) is 0 Å². The minimum atomic E-state index is 0.440. The lowest BCUT2D eigenvalue weighted by molar-refractivity contribution is 0.0329. The van der Waals surface area contributed by atoms with Gasteiger partial charge in [0.2, 0.25) is 0 Å². The third-order valence-corrected chi connectivity index (χ3v) is 3.24. The minimum absolute atomic E-state index is 0.440. The summed E-state index contributed by atoms with van der Waals surface area (Å²) >= 11 is 0. The van der Waals surface area contributed by atoms with Gasteiger partial charge in [-0.25, -0.2) is 0 Å². The van der Waals surface area contributed by atoms with Crippen molar-refractivity contribution in [2.45, 2.75) is 25.0 Å². The first kappa shape index (κ1) is 9.66. The van der Waals surface area contributed by atoms with Gasteiger partial charge in [-0.2, -0.15) is 5.10 Å². The summed E-state index contributed by atoms with van der Waals surface area (Å²) < 4.78 is 5.26. The van der Waals surface area contributed by atoms with Crippen molar-refractivity contribution in [3.05, 3.63) is 24.4 Å². The zero-order chi connectivity index (χ0) is 11.0. The molecule has 1 aliphatic carbocycles. The molecule has 0 bridgehead atoms. The maximum absolute atomic E-state index is 5.26. The molecule has 1 aromatic heterocycles. The Balaban J connectivity index is 1.70. The molecule has 4 nitrogen and oxygen atoms in total. The van der Waals surface area contributed by atoms with Crippen LogP contribution in [-0.2, 0) is 4.74 Å². The van der Waals surface area contributed by atoms with Gasteiger partial charge in [0.15, 0.2) is 0 Å². The second-order valence-electron chi connectivity index (χ2n) is 4.34. The monoisotopic (exact) mass is 217 g/mol. The Hall–Kier alpha value is -1.55. The van der Waals surface area contributed by atoms with Gasteiger partial charge in [-0.15, -0.1) is 0 Å². The van der Waals surface area contributed by atoms with Gasteiger partial charge in [-0.1, -0.05) is 0 Å². The number of nitrogens with one attached hydrogen (secondary N) is 2. The number of aromatic amines is 1. The van der Waals surface area contributed by atoms with Gasteiger partial charge in [0.05, 0.1) is 17.8 Å². The largest absolute Gasteiger partial charge is 0.382 e. The molecule has 1 aliphatic rings. The predicted octanol–water partition coefficient (Wildman–Crippen LogP) is 2.15. The Morgan fingerprint density at radius 1 is 1.44 bits per heavy atom. The number of anilines is 1. The summed E-state index contributed by atoms with van der Waals surface area (Å²) in [5.74, 6) is 0. The first-order valence-corrected chi connectivity index (χ1v) is 5.57. The van der Waals surface area contributed by atoms with Crippen molar-refractivity contribution >= 4 is 16.6 Å². The minimum Gasteiger partial charge on any atom is -0.382 e. The number of ether oxygens (including phenoxy) is 1. The highest BCUT2D eigenvalue weighted by Gasteiger charge is 2.28. The Kier molecular flexibility index (Phi) is 2.29. The smallest absolute Gasteiger partial charge is 0.0651 e. The fourth-order valence-corrected chi connectivity index (χ4v) is 2.14. The van der Waals surface area contributed by atoms with Crippen LogP contribution >= 0.6 is 0 Å².